The molecule has 2 aromatic carbocycles. The number of benzene rings is 2. The van der Waals surface area contributed by atoms with Crippen molar-refractivity contribution in [3.8, 4) is 5.75 Å². The van der Waals surface area contributed by atoms with Crippen molar-refractivity contribution in [3.05, 3.63) is 62.1 Å². The van der Waals surface area contributed by atoms with E-state index in [4.69, 9.17) is 39.5 Å². The summed E-state index contributed by atoms with van der Waals surface area (Å²) in [6.07, 6.45) is 2.26. The first-order valence-electron chi connectivity index (χ1n) is 11.1. The molecule has 8 heteroatoms. The third kappa shape index (κ3) is 7.53. The lowest BCUT2D eigenvalue weighted by Gasteiger charge is -2.31. The minimum Gasteiger partial charge on any atom is -0.484 e. The highest BCUT2D eigenvalue weighted by Crippen LogP contribution is 2.28. The molecule has 0 aliphatic carbocycles. The van der Waals surface area contributed by atoms with Crippen LogP contribution in [0.2, 0.25) is 15.1 Å². The molecule has 1 atom stereocenters. The number of aryl methyl sites for hydroxylation is 2. The molecule has 0 unspecified atom stereocenters. The molecule has 0 fully saturated rings. The van der Waals surface area contributed by atoms with Crippen LogP contribution in [0.25, 0.3) is 0 Å². The number of nitrogens with one attached hydrogen (secondary N) is 1. The van der Waals surface area contributed by atoms with Crippen molar-refractivity contribution in [1.82, 2.24) is 10.2 Å². The number of hydrogen-bond acceptors (Lipinski definition) is 3. The van der Waals surface area contributed by atoms with Crippen LogP contribution in [0.3, 0.4) is 0 Å². The molecule has 0 bridgehead atoms. The quantitative estimate of drug-likeness (QED) is 0.355. The molecule has 0 spiro atoms. The van der Waals surface area contributed by atoms with Crippen molar-refractivity contribution in [2.45, 2.75) is 59.5 Å². The Balaban J connectivity index is 2.28. The lowest BCUT2D eigenvalue weighted by molar-refractivity contribution is -0.143. The second-order valence-corrected chi connectivity index (χ2v) is 9.14. The molecule has 0 radical (unpaired) electrons. The highest BCUT2D eigenvalue weighted by molar-refractivity contribution is 6.36. The van der Waals surface area contributed by atoms with Crippen LogP contribution in [0, 0.1) is 13.8 Å². The van der Waals surface area contributed by atoms with Crippen LogP contribution < -0.4 is 10.1 Å². The van der Waals surface area contributed by atoms with Crippen molar-refractivity contribution in [1.29, 1.82) is 0 Å². The van der Waals surface area contributed by atoms with Crippen LogP contribution in [-0.2, 0) is 16.1 Å². The molecule has 0 heterocycles. The topological polar surface area (TPSA) is 58.6 Å². The summed E-state index contributed by atoms with van der Waals surface area (Å²) in [5, 5.41) is 4.46. The molecule has 0 aromatic heterocycles. The molecule has 1 N–H and O–H groups in total. The van der Waals surface area contributed by atoms with E-state index in [1.807, 2.05) is 20.8 Å². The van der Waals surface area contributed by atoms with E-state index in [0.29, 0.717) is 39.3 Å². The highest BCUT2D eigenvalue weighted by atomic mass is 35.5. The van der Waals surface area contributed by atoms with Gasteiger partial charge in [0.05, 0.1) is 0 Å². The number of unbranched alkanes of at least 4 members (excludes halogenated alkanes) is 1. The predicted molar refractivity (Wildman–Crippen MR) is 135 cm³/mol. The maximum absolute atomic E-state index is 13.3. The molecule has 180 valence electrons. The Bertz CT molecular complexity index is 938. The molecule has 5 nitrogen and oxygen atoms in total. The number of halogens is 3. The molecular weight excluding hydrogens is 483 g/mol. The van der Waals surface area contributed by atoms with Gasteiger partial charge < -0.3 is 15.0 Å². The molecule has 2 amide bonds. The van der Waals surface area contributed by atoms with Gasteiger partial charge in [-0.3, -0.25) is 9.59 Å². The van der Waals surface area contributed by atoms with Crippen LogP contribution in [0.4, 0.5) is 0 Å². The van der Waals surface area contributed by atoms with Crippen LogP contribution in [0.1, 0.15) is 49.8 Å². The summed E-state index contributed by atoms with van der Waals surface area (Å²) < 4.78 is 5.79. The second kappa shape index (κ2) is 13.1. The van der Waals surface area contributed by atoms with Crippen LogP contribution in [0.5, 0.6) is 5.75 Å². The minimum atomic E-state index is -0.681. The smallest absolute Gasteiger partial charge is 0.261 e. The predicted octanol–water partition coefficient (Wildman–Crippen LogP) is 6.37. The van der Waals surface area contributed by atoms with Gasteiger partial charge in [-0.25, -0.2) is 0 Å². The lowest BCUT2D eigenvalue weighted by Crippen LogP contribution is -2.50. The molecule has 33 heavy (non-hydrogen) atoms. The molecule has 2 rings (SSSR count). The first kappa shape index (κ1) is 27.3. The summed E-state index contributed by atoms with van der Waals surface area (Å²) in [5.41, 5.74) is 2.31. The molecule has 2 aromatic rings. The maximum atomic E-state index is 13.3. The van der Waals surface area contributed by atoms with Crippen molar-refractivity contribution in [2.24, 2.45) is 0 Å². The van der Waals surface area contributed by atoms with Gasteiger partial charge in [-0.1, -0.05) is 61.1 Å². The summed E-state index contributed by atoms with van der Waals surface area (Å²) in [6, 6.07) is 8.05. The van der Waals surface area contributed by atoms with Crippen molar-refractivity contribution in [3.63, 3.8) is 0 Å². The number of ether oxygens (including phenoxy) is 1. The minimum absolute atomic E-state index is 0.0963. The fourth-order valence-electron chi connectivity index (χ4n) is 3.50. The molecule has 0 saturated heterocycles. The fourth-order valence-corrected chi connectivity index (χ4v) is 4.12. The van der Waals surface area contributed by atoms with Crippen molar-refractivity contribution < 1.29 is 14.3 Å². The Labute approximate surface area is 211 Å². The SMILES string of the molecule is CCCCNC(=O)[C@H](CC)N(Cc1c(Cl)cccc1Cl)C(=O)COc1cc(C)c(Cl)c(C)c1. The third-order valence-corrected chi connectivity index (χ3v) is 6.68. The van der Waals surface area contributed by atoms with Gasteiger partial charge in [-0.15, -0.1) is 0 Å². The van der Waals surface area contributed by atoms with Gasteiger partial charge >= 0.3 is 0 Å². The Hall–Kier alpha value is -1.95. The van der Waals surface area contributed by atoms with E-state index in [0.717, 1.165) is 24.0 Å². The first-order chi connectivity index (χ1) is 15.7. The van der Waals surface area contributed by atoms with E-state index in [2.05, 4.69) is 12.2 Å². The van der Waals surface area contributed by atoms with E-state index in [1.165, 1.54) is 4.90 Å². The Morgan fingerprint density at radius 1 is 1.06 bits per heavy atom. The zero-order chi connectivity index (χ0) is 24.5. The summed E-state index contributed by atoms with van der Waals surface area (Å²) >= 11 is 19.0. The summed E-state index contributed by atoms with van der Waals surface area (Å²) in [5.74, 6) is -0.00619. The second-order valence-electron chi connectivity index (χ2n) is 7.95. The van der Waals surface area contributed by atoms with Gasteiger partial charge in [0.25, 0.3) is 5.91 Å². The number of rotatable bonds is 11. The molecule has 0 aliphatic rings. The average Bonchev–Trinajstić information content (AvgIpc) is 2.77. The van der Waals surface area contributed by atoms with Crippen LogP contribution in [-0.4, -0.2) is 35.9 Å². The van der Waals surface area contributed by atoms with E-state index >= 15 is 0 Å². The standard InChI is InChI=1S/C25H31Cl3N2O3/c1-5-7-11-29-25(32)22(6-2)30(14-19-20(26)9-8-10-21(19)27)23(31)15-33-18-12-16(3)24(28)17(4)13-18/h8-10,12-13,22H,5-7,11,14-15H2,1-4H3,(H,29,32)/t22-/m0/s1. The number of carbonyl (C=O) groups is 2. The van der Waals surface area contributed by atoms with E-state index < -0.39 is 6.04 Å². The largest absolute Gasteiger partial charge is 0.484 e. The normalized spacial score (nSPS) is 11.7. The number of amides is 2. The van der Waals surface area contributed by atoms with Gasteiger partial charge in [0, 0.05) is 33.7 Å². The summed E-state index contributed by atoms with van der Waals surface area (Å²) in [7, 11) is 0. The average molecular weight is 514 g/mol. The first-order valence-corrected chi connectivity index (χ1v) is 12.2. The van der Waals surface area contributed by atoms with Crippen LogP contribution in [0.15, 0.2) is 30.3 Å². The highest BCUT2D eigenvalue weighted by Gasteiger charge is 2.30. The van der Waals surface area contributed by atoms with E-state index in [-0.39, 0.29) is 25.0 Å². The van der Waals surface area contributed by atoms with Gasteiger partial charge in [-0.05, 0) is 62.1 Å². The van der Waals surface area contributed by atoms with Gasteiger partial charge in [0.2, 0.25) is 5.91 Å². The monoisotopic (exact) mass is 512 g/mol. The van der Waals surface area contributed by atoms with E-state index in [9.17, 15) is 9.59 Å². The zero-order valence-electron chi connectivity index (χ0n) is 19.5. The Morgan fingerprint density at radius 3 is 2.21 bits per heavy atom. The fraction of sp³-hybridized carbons (Fsp3) is 0.440. The van der Waals surface area contributed by atoms with E-state index in [1.54, 1.807) is 30.3 Å². The molecular formula is C25H31Cl3N2O3. The maximum Gasteiger partial charge on any atom is 0.261 e. The summed E-state index contributed by atoms with van der Waals surface area (Å²) in [6.45, 7) is 8.09. The number of hydrogen-bond donors (Lipinski definition) is 1. The number of carbonyl (C=O) groups excluding carboxylic acids is 2. The van der Waals surface area contributed by atoms with Crippen molar-refractivity contribution in [2.75, 3.05) is 13.2 Å². The van der Waals surface area contributed by atoms with Gasteiger partial charge in [0.15, 0.2) is 6.61 Å². The molecule has 0 saturated carbocycles. The third-order valence-electron chi connectivity index (χ3n) is 5.38. The van der Waals surface area contributed by atoms with Crippen molar-refractivity contribution >= 4 is 46.6 Å². The summed E-state index contributed by atoms with van der Waals surface area (Å²) in [4.78, 5) is 27.7. The van der Waals surface area contributed by atoms with Gasteiger partial charge in [-0.2, -0.15) is 0 Å². The molecule has 0 aliphatic heterocycles. The van der Waals surface area contributed by atoms with Crippen LogP contribution >= 0.6 is 34.8 Å². The zero-order valence-corrected chi connectivity index (χ0v) is 21.8. The lowest BCUT2D eigenvalue weighted by atomic mass is 10.1. The Morgan fingerprint density at radius 2 is 1.67 bits per heavy atom. The Kier molecular flexibility index (Phi) is 10.8. The number of nitrogens with zero attached hydrogens (tertiary/aromatic N) is 1. The van der Waals surface area contributed by atoms with Gasteiger partial charge in [0.1, 0.15) is 11.8 Å².